The molecule has 3 aromatic rings. The number of hydrogen-bond acceptors (Lipinski definition) is 7. The third-order valence-electron chi connectivity index (χ3n) is 3.51. The highest BCUT2D eigenvalue weighted by molar-refractivity contribution is 5.63. The third-order valence-corrected chi connectivity index (χ3v) is 3.51. The Hall–Kier alpha value is -3.06. The smallest absolute Gasteiger partial charge is 0.225 e. The van der Waals surface area contributed by atoms with Crippen LogP contribution in [0.25, 0.3) is 11.3 Å². The van der Waals surface area contributed by atoms with E-state index in [1.807, 2.05) is 36.4 Å². The second-order valence-electron chi connectivity index (χ2n) is 5.35. The van der Waals surface area contributed by atoms with Gasteiger partial charge in [-0.2, -0.15) is 4.98 Å². The number of aromatic nitrogens is 4. The second-order valence-corrected chi connectivity index (χ2v) is 5.35. The number of nitrogens with zero attached hydrogens (tertiary/aromatic N) is 4. The van der Waals surface area contributed by atoms with E-state index in [0.29, 0.717) is 19.0 Å². The van der Waals surface area contributed by atoms with Crippen LogP contribution in [-0.2, 0) is 6.42 Å². The lowest BCUT2D eigenvalue weighted by Gasteiger charge is -2.11. The largest absolute Gasteiger partial charge is 0.395 e. The molecule has 0 saturated carbocycles. The lowest BCUT2D eigenvalue weighted by molar-refractivity contribution is 0.311. The SMILES string of the molecule is OCCNc1nc(NCCc2ccccn2)cc(-c2ccncc2)n1. The molecule has 0 radical (unpaired) electrons. The molecule has 128 valence electrons. The molecule has 0 fully saturated rings. The van der Waals surface area contributed by atoms with Gasteiger partial charge in [0.15, 0.2) is 0 Å². The van der Waals surface area contributed by atoms with E-state index in [0.717, 1.165) is 29.2 Å². The van der Waals surface area contributed by atoms with Gasteiger partial charge in [-0.1, -0.05) is 6.07 Å². The van der Waals surface area contributed by atoms with Gasteiger partial charge in [0.25, 0.3) is 0 Å². The first kappa shape index (κ1) is 16.8. The highest BCUT2D eigenvalue weighted by atomic mass is 16.3. The first-order valence-electron chi connectivity index (χ1n) is 8.13. The van der Waals surface area contributed by atoms with E-state index in [1.165, 1.54) is 0 Å². The Morgan fingerprint density at radius 2 is 1.80 bits per heavy atom. The van der Waals surface area contributed by atoms with E-state index in [2.05, 4.69) is 30.6 Å². The van der Waals surface area contributed by atoms with Crippen LogP contribution in [0.5, 0.6) is 0 Å². The Balaban J connectivity index is 1.75. The Labute approximate surface area is 146 Å². The predicted octanol–water partition coefficient (Wildman–Crippen LogP) is 1.99. The van der Waals surface area contributed by atoms with Crippen LogP contribution in [-0.4, -0.2) is 44.7 Å². The zero-order chi connectivity index (χ0) is 17.3. The molecule has 0 saturated heterocycles. The van der Waals surface area contributed by atoms with Gasteiger partial charge in [-0.05, 0) is 24.3 Å². The maximum Gasteiger partial charge on any atom is 0.225 e. The second kappa shape index (κ2) is 8.70. The van der Waals surface area contributed by atoms with Gasteiger partial charge in [-0.25, -0.2) is 4.98 Å². The van der Waals surface area contributed by atoms with Gasteiger partial charge in [-0.15, -0.1) is 0 Å². The molecule has 0 atom stereocenters. The van der Waals surface area contributed by atoms with E-state index in [4.69, 9.17) is 5.11 Å². The summed E-state index contributed by atoms with van der Waals surface area (Å²) in [6.07, 6.45) is 6.05. The molecule has 3 heterocycles. The monoisotopic (exact) mass is 336 g/mol. The van der Waals surface area contributed by atoms with Crippen LogP contribution >= 0.6 is 0 Å². The number of anilines is 2. The summed E-state index contributed by atoms with van der Waals surface area (Å²) >= 11 is 0. The van der Waals surface area contributed by atoms with Crippen molar-refractivity contribution in [1.82, 2.24) is 19.9 Å². The zero-order valence-corrected chi connectivity index (χ0v) is 13.8. The topological polar surface area (TPSA) is 95.8 Å². The van der Waals surface area contributed by atoms with E-state index < -0.39 is 0 Å². The lowest BCUT2D eigenvalue weighted by Crippen LogP contribution is -2.12. The van der Waals surface area contributed by atoms with Crippen LogP contribution in [0.2, 0.25) is 0 Å². The van der Waals surface area contributed by atoms with Crippen LogP contribution in [0.4, 0.5) is 11.8 Å². The predicted molar refractivity (Wildman–Crippen MR) is 97.3 cm³/mol. The molecule has 0 aliphatic heterocycles. The molecule has 7 heteroatoms. The number of rotatable bonds is 8. The Morgan fingerprint density at radius 3 is 2.56 bits per heavy atom. The molecule has 0 amide bonds. The van der Waals surface area contributed by atoms with Crippen molar-refractivity contribution in [3.05, 3.63) is 60.7 Å². The highest BCUT2D eigenvalue weighted by Gasteiger charge is 2.07. The summed E-state index contributed by atoms with van der Waals surface area (Å²) in [4.78, 5) is 17.3. The normalized spacial score (nSPS) is 10.4. The molecule has 25 heavy (non-hydrogen) atoms. The van der Waals surface area contributed by atoms with Crippen molar-refractivity contribution in [2.75, 3.05) is 30.3 Å². The molecule has 3 aromatic heterocycles. The maximum atomic E-state index is 9.00. The molecule has 0 aromatic carbocycles. The quantitative estimate of drug-likeness (QED) is 0.579. The molecule has 0 spiro atoms. The first-order chi connectivity index (χ1) is 12.3. The number of nitrogens with one attached hydrogen (secondary N) is 2. The molecule has 0 unspecified atom stereocenters. The van der Waals surface area contributed by atoms with Crippen LogP contribution in [0.3, 0.4) is 0 Å². The number of hydrogen-bond donors (Lipinski definition) is 3. The highest BCUT2D eigenvalue weighted by Crippen LogP contribution is 2.20. The van der Waals surface area contributed by atoms with Gasteiger partial charge in [0.2, 0.25) is 5.95 Å². The molecular formula is C18H20N6O. The molecule has 7 nitrogen and oxygen atoms in total. The van der Waals surface area contributed by atoms with Crippen molar-refractivity contribution in [1.29, 1.82) is 0 Å². The van der Waals surface area contributed by atoms with Gasteiger partial charge in [0.1, 0.15) is 5.82 Å². The Morgan fingerprint density at radius 1 is 0.920 bits per heavy atom. The molecule has 0 aliphatic carbocycles. The van der Waals surface area contributed by atoms with Crippen molar-refractivity contribution in [2.24, 2.45) is 0 Å². The summed E-state index contributed by atoms with van der Waals surface area (Å²) in [6.45, 7) is 1.13. The minimum atomic E-state index is 0.0191. The summed E-state index contributed by atoms with van der Waals surface area (Å²) < 4.78 is 0. The molecule has 3 rings (SSSR count). The summed E-state index contributed by atoms with van der Waals surface area (Å²) in [5, 5.41) is 15.3. The van der Waals surface area contributed by atoms with Crippen LogP contribution in [0.15, 0.2) is 55.0 Å². The third kappa shape index (κ3) is 4.95. The van der Waals surface area contributed by atoms with Gasteiger partial charge >= 0.3 is 0 Å². The summed E-state index contributed by atoms with van der Waals surface area (Å²) in [7, 11) is 0. The van der Waals surface area contributed by atoms with Gasteiger partial charge < -0.3 is 15.7 Å². The van der Waals surface area contributed by atoms with Crippen molar-refractivity contribution in [3.8, 4) is 11.3 Å². The Bertz CT molecular complexity index is 782. The molecular weight excluding hydrogens is 316 g/mol. The maximum absolute atomic E-state index is 9.00. The average molecular weight is 336 g/mol. The van der Waals surface area contributed by atoms with Crippen molar-refractivity contribution < 1.29 is 5.11 Å². The van der Waals surface area contributed by atoms with Crippen LogP contribution in [0, 0.1) is 0 Å². The van der Waals surface area contributed by atoms with Gasteiger partial charge in [0.05, 0.1) is 12.3 Å². The minimum Gasteiger partial charge on any atom is -0.395 e. The molecule has 3 N–H and O–H groups in total. The van der Waals surface area contributed by atoms with Crippen molar-refractivity contribution in [2.45, 2.75) is 6.42 Å². The van der Waals surface area contributed by atoms with Crippen LogP contribution in [0.1, 0.15) is 5.69 Å². The van der Waals surface area contributed by atoms with E-state index in [-0.39, 0.29) is 6.61 Å². The number of pyridine rings is 2. The lowest BCUT2D eigenvalue weighted by atomic mass is 10.2. The Kier molecular flexibility index (Phi) is 5.84. The fraction of sp³-hybridized carbons (Fsp3) is 0.222. The first-order valence-corrected chi connectivity index (χ1v) is 8.13. The van der Waals surface area contributed by atoms with E-state index in [1.54, 1.807) is 18.6 Å². The summed E-state index contributed by atoms with van der Waals surface area (Å²) in [6, 6.07) is 11.6. The molecule has 0 bridgehead atoms. The summed E-state index contributed by atoms with van der Waals surface area (Å²) in [5.41, 5.74) is 2.77. The zero-order valence-electron chi connectivity index (χ0n) is 13.8. The summed E-state index contributed by atoms with van der Waals surface area (Å²) in [5.74, 6) is 1.20. The number of aliphatic hydroxyl groups is 1. The average Bonchev–Trinajstić information content (AvgIpc) is 2.68. The molecule has 0 aliphatic rings. The fourth-order valence-electron chi connectivity index (χ4n) is 2.32. The van der Waals surface area contributed by atoms with Gasteiger partial charge in [-0.3, -0.25) is 9.97 Å². The number of aliphatic hydroxyl groups excluding tert-OH is 1. The van der Waals surface area contributed by atoms with Gasteiger partial charge in [0, 0.05) is 55.4 Å². The fourth-order valence-corrected chi connectivity index (χ4v) is 2.32. The van der Waals surface area contributed by atoms with Crippen molar-refractivity contribution >= 4 is 11.8 Å². The van der Waals surface area contributed by atoms with Crippen molar-refractivity contribution in [3.63, 3.8) is 0 Å². The minimum absolute atomic E-state index is 0.0191. The van der Waals surface area contributed by atoms with E-state index >= 15 is 0 Å². The standard InChI is InChI=1S/C18H20N6O/c25-12-11-22-18-23-16(14-4-8-19-9-5-14)13-17(24-18)21-10-6-15-3-1-2-7-20-15/h1-5,7-9,13,25H,6,10-12H2,(H2,21,22,23,24). The van der Waals surface area contributed by atoms with E-state index in [9.17, 15) is 0 Å². The van der Waals surface area contributed by atoms with Crippen LogP contribution < -0.4 is 10.6 Å².